The highest BCUT2D eigenvalue weighted by molar-refractivity contribution is 6.31. The van der Waals surface area contributed by atoms with Crippen LogP contribution in [-0.2, 0) is 11.2 Å². The molecule has 0 aliphatic rings. The number of carboxylic acids is 1. The molecule has 0 aliphatic carbocycles. The van der Waals surface area contributed by atoms with E-state index in [-0.39, 0.29) is 23.6 Å². The second kappa shape index (κ2) is 7.29. The molecule has 6 heteroatoms. The molecule has 2 aromatic carbocycles. The molecule has 114 valence electrons. The Morgan fingerprint density at radius 1 is 1.00 bits per heavy atom. The van der Waals surface area contributed by atoms with E-state index in [4.69, 9.17) is 28.3 Å². The van der Waals surface area contributed by atoms with Crippen molar-refractivity contribution in [2.45, 2.75) is 12.8 Å². The van der Waals surface area contributed by atoms with Gasteiger partial charge in [-0.15, -0.1) is 0 Å². The molecule has 0 atom stereocenters. The first-order valence-electron chi connectivity index (χ1n) is 6.53. The number of hydrogen-bond acceptors (Lipinski definition) is 2. The van der Waals surface area contributed by atoms with Crippen molar-refractivity contribution in [1.82, 2.24) is 0 Å². The summed E-state index contributed by atoms with van der Waals surface area (Å²) in [5, 5.41) is 12.7. The number of amides is 1. The van der Waals surface area contributed by atoms with E-state index < -0.39 is 5.97 Å². The van der Waals surface area contributed by atoms with Gasteiger partial charge in [-0.05, 0) is 42.3 Å². The summed E-state index contributed by atoms with van der Waals surface area (Å²) in [5.41, 5.74) is 1.18. The number of anilines is 1. The SMILES string of the molecule is O=C(CCc1ccc(Cl)cc1)Nc1ccc(Cl)cc1C(=O)O. The van der Waals surface area contributed by atoms with Crippen molar-refractivity contribution in [3.8, 4) is 0 Å². The molecule has 0 fully saturated rings. The largest absolute Gasteiger partial charge is 0.478 e. The molecule has 0 heterocycles. The average molecular weight is 338 g/mol. The molecule has 1 amide bonds. The third kappa shape index (κ3) is 4.48. The van der Waals surface area contributed by atoms with E-state index in [1.165, 1.54) is 18.2 Å². The molecule has 0 radical (unpaired) electrons. The second-order valence-corrected chi connectivity index (χ2v) is 5.54. The Balaban J connectivity index is 2.00. The van der Waals surface area contributed by atoms with Gasteiger partial charge in [0.1, 0.15) is 0 Å². The van der Waals surface area contributed by atoms with Crippen LogP contribution < -0.4 is 5.32 Å². The number of rotatable bonds is 5. The second-order valence-electron chi connectivity index (χ2n) is 4.67. The number of aryl methyl sites for hydroxylation is 1. The van der Waals surface area contributed by atoms with Crippen LogP contribution in [0.5, 0.6) is 0 Å². The van der Waals surface area contributed by atoms with Gasteiger partial charge >= 0.3 is 5.97 Å². The summed E-state index contributed by atoms with van der Waals surface area (Å²) < 4.78 is 0. The van der Waals surface area contributed by atoms with Crippen molar-refractivity contribution >= 4 is 40.8 Å². The number of carbonyl (C=O) groups is 2. The molecule has 0 aliphatic heterocycles. The highest BCUT2D eigenvalue weighted by Gasteiger charge is 2.13. The van der Waals surface area contributed by atoms with Gasteiger partial charge in [0.2, 0.25) is 5.91 Å². The van der Waals surface area contributed by atoms with E-state index >= 15 is 0 Å². The quantitative estimate of drug-likeness (QED) is 0.856. The lowest BCUT2D eigenvalue weighted by Gasteiger charge is -2.09. The smallest absolute Gasteiger partial charge is 0.337 e. The number of nitrogens with one attached hydrogen (secondary N) is 1. The predicted octanol–water partition coefficient (Wildman–Crippen LogP) is 4.26. The lowest BCUT2D eigenvalue weighted by molar-refractivity contribution is -0.116. The van der Waals surface area contributed by atoms with E-state index in [1.807, 2.05) is 12.1 Å². The molecule has 0 spiro atoms. The molecule has 0 bridgehead atoms. The van der Waals surface area contributed by atoms with E-state index in [0.29, 0.717) is 16.5 Å². The Labute approximate surface area is 137 Å². The number of halogens is 2. The van der Waals surface area contributed by atoms with Gasteiger partial charge in [0.05, 0.1) is 11.3 Å². The zero-order chi connectivity index (χ0) is 16.1. The van der Waals surface area contributed by atoms with E-state index in [0.717, 1.165) is 5.56 Å². The van der Waals surface area contributed by atoms with Crippen molar-refractivity contribution in [2.24, 2.45) is 0 Å². The maximum atomic E-state index is 11.9. The lowest BCUT2D eigenvalue weighted by Crippen LogP contribution is -2.15. The topological polar surface area (TPSA) is 66.4 Å². The molecular formula is C16H13Cl2NO3. The summed E-state index contributed by atoms with van der Waals surface area (Å²) in [4.78, 5) is 23.1. The molecule has 2 aromatic rings. The Kier molecular flexibility index (Phi) is 5.41. The molecule has 0 aromatic heterocycles. The van der Waals surface area contributed by atoms with Gasteiger partial charge < -0.3 is 10.4 Å². The first kappa shape index (κ1) is 16.3. The fourth-order valence-electron chi connectivity index (χ4n) is 1.92. The Bertz CT molecular complexity index is 699. The summed E-state index contributed by atoms with van der Waals surface area (Å²) in [7, 11) is 0. The van der Waals surface area contributed by atoms with Gasteiger partial charge in [0, 0.05) is 16.5 Å². The molecule has 2 rings (SSSR count). The van der Waals surface area contributed by atoms with Crippen LogP contribution in [0, 0.1) is 0 Å². The number of carboxylic acid groups (broad SMARTS) is 1. The van der Waals surface area contributed by atoms with Crippen LogP contribution >= 0.6 is 23.2 Å². The van der Waals surface area contributed by atoms with Crippen LogP contribution in [0.3, 0.4) is 0 Å². The maximum Gasteiger partial charge on any atom is 0.337 e. The molecule has 0 unspecified atom stereocenters. The summed E-state index contributed by atoms with van der Waals surface area (Å²) in [6.07, 6.45) is 0.780. The summed E-state index contributed by atoms with van der Waals surface area (Å²) in [5.74, 6) is -1.41. The van der Waals surface area contributed by atoms with Gasteiger partial charge in [-0.2, -0.15) is 0 Å². The Morgan fingerprint density at radius 3 is 2.27 bits per heavy atom. The zero-order valence-corrected chi connectivity index (χ0v) is 13.0. The maximum absolute atomic E-state index is 11.9. The lowest BCUT2D eigenvalue weighted by atomic mass is 10.1. The summed E-state index contributed by atoms with van der Waals surface area (Å²) in [6, 6.07) is 11.5. The van der Waals surface area contributed by atoms with Gasteiger partial charge in [-0.1, -0.05) is 35.3 Å². The molecule has 0 saturated heterocycles. The normalized spacial score (nSPS) is 10.3. The third-order valence-corrected chi connectivity index (χ3v) is 3.53. The highest BCUT2D eigenvalue weighted by atomic mass is 35.5. The van der Waals surface area contributed by atoms with Crippen LogP contribution in [0.25, 0.3) is 0 Å². The van der Waals surface area contributed by atoms with Crippen molar-refractivity contribution in [3.05, 3.63) is 63.6 Å². The Morgan fingerprint density at radius 2 is 1.64 bits per heavy atom. The van der Waals surface area contributed by atoms with E-state index in [2.05, 4.69) is 5.32 Å². The van der Waals surface area contributed by atoms with Crippen molar-refractivity contribution < 1.29 is 14.7 Å². The minimum Gasteiger partial charge on any atom is -0.478 e. The minimum atomic E-state index is -1.14. The monoisotopic (exact) mass is 337 g/mol. The molecule has 4 nitrogen and oxygen atoms in total. The standard InChI is InChI=1S/C16H13Cl2NO3/c17-11-4-1-10(2-5-11)3-8-15(20)19-14-7-6-12(18)9-13(14)16(21)22/h1-2,4-7,9H,3,8H2,(H,19,20)(H,21,22). The van der Waals surface area contributed by atoms with Gasteiger partial charge in [-0.25, -0.2) is 4.79 Å². The number of aromatic carboxylic acids is 1. The summed E-state index contributed by atoms with van der Waals surface area (Å²) in [6.45, 7) is 0. The highest BCUT2D eigenvalue weighted by Crippen LogP contribution is 2.21. The van der Waals surface area contributed by atoms with E-state index in [9.17, 15) is 9.59 Å². The fraction of sp³-hybridized carbons (Fsp3) is 0.125. The number of benzene rings is 2. The van der Waals surface area contributed by atoms with Crippen LogP contribution in [0.2, 0.25) is 10.0 Å². The molecule has 0 saturated carbocycles. The minimum absolute atomic E-state index is 0.0349. The zero-order valence-electron chi connectivity index (χ0n) is 11.5. The van der Waals surface area contributed by atoms with Gasteiger partial charge in [0.15, 0.2) is 0 Å². The van der Waals surface area contributed by atoms with Crippen LogP contribution in [0.15, 0.2) is 42.5 Å². The van der Waals surface area contributed by atoms with Crippen molar-refractivity contribution in [3.63, 3.8) is 0 Å². The first-order chi connectivity index (χ1) is 10.5. The van der Waals surface area contributed by atoms with Gasteiger partial charge in [-0.3, -0.25) is 4.79 Å². The van der Waals surface area contributed by atoms with Crippen LogP contribution in [-0.4, -0.2) is 17.0 Å². The van der Waals surface area contributed by atoms with Crippen LogP contribution in [0.1, 0.15) is 22.3 Å². The third-order valence-electron chi connectivity index (χ3n) is 3.04. The van der Waals surface area contributed by atoms with Crippen LogP contribution in [0.4, 0.5) is 5.69 Å². The first-order valence-corrected chi connectivity index (χ1v) is 7.28. The van der Waals surface area contributed by atoms with E-state index in [1.54, 1.807) is 12.1 Å². The Hall–Kier alpha value is -2.04. The fourth-order valence-corrected chi connectivity index (χ4v) is 2.22. The summed E-state index contributed by atoms with van der Waals surface area (Å²) >= 11 is 11.6. The van der Waals surface area contributed by atoms with Gasteiger partial charge in [0.25, 0.3) is 0 Å². The predicted molar refractivity (Wildman–Crippen MR) is 86.8 cm³/mol. The number of hydrogen-bond donors (Lipinski definition) is 2. The number of carbonyl (C=O) groups excluding carboxylic acids is 1. The van der Waals surface area contributed by atoms with Crippen molar-refractivity contribution in [2.75, 3.05) is 5.32 Å². The molecular weight excluding hydrogens is 325 g/mol. The van der Waals surface area contributed by atoms with Crippen molar-refractivity contribution in [1.29, 1.82) is 0 Å². The average Bonchev–Trinajstić information content (AvgIpc) is 2.48. The molecule has 22 heavy (non-hydrogen) atoms. The molecule has 2 N–H and O–H groups in total.